The molecule has 1 aromatic rings. The molecule has 2 nitrogen and oxygen atoms in total. The van der Waals surface area contributed by atoms with Crippen molar-refractivity contribution < 1.29 is 9.53 Å². The first-order valence-corrected chi connectivity index (χ1v) is 5.93. The molecule has 0 radical (unpaired) electrons. The molecule has 0 atom stereocenters. The Morgan fingerprint density at radius 1 is 1.19 bits per heavy atom. The molecule has 0 aliphatic rings. The molecule has 0 heterocycles. The minimum atomic E-state index is 0.191. The summed E-state index contributed by atoms with van der Waals surface area (Å²) >= 11 is 0. The van der Waals surface area contributed by atoms with E-state index in [1.807, 2.05) is 24.3 Å². The Kier molecular flexibility index (Phi) is 5.62. The quantitative estimate of drug-likeness (QED) is 0.658. The lowest BCUT2D eigenvalue weighted by molar-refractivity contribution is -0.116. The number of carbonyl (C=O) groups is 1. The number of hydrogen-bond donors (Lipinski definition) is 0. The maximum absolute atomic E-state index is 10.9. The molecule has 0 saturated heterocycles. The summed E-state index contributed by atoms with van der Waals surface area (Å²) in [6, 6.07) is 7.78. The van der Waals surface area contributed by atoms with Crippen LogP contribution in [-0.2, 0) is 11.2 Å². The van der Waals surface area contributed by atoms with Crippen LogP contribution in [0.25, 0.3) is 0 Å². The standard InChI is InChI=1S/C14H20O2/c1-3-4-5-10-16-14-8-6-13(7-9-14)11-12(2)15/h6-9H,3-5,10-11H2,1-2H3. The van der Waals surface area contributed by atoms with Gasteiger partial charge in [0.2, 0.25) is 0 Å². The molecule has 0 aliphatic carbocycles. The van der Waals surface area contributed by atoms with E-state index in [1.54, 1.807) is 6.92 Å². The fraction of sp³-hybridized carbons (Fsp3) is 0.500. The summed E-state index contributed by atoms with van der Waals surface area (Å²) in [4.78, 5) is 10.9. The van der Waals surface area contributed by atoms with Crippen molar-refractivity contribution in [1.29, 1.82) is 0 Å². The van der Waals surface area contributed by atoms with Gasteiger partial charge in [0.25, 0.3) is 0 Å². The molecule has 0 N–H and O–H groups in total. The van der Waals surface area contributed by atoms with Gasteiger partial charge >= 0.3 is 0 Å². The molecule has 1 aromatic carbocycles. The third kappa shape index (κ3) is 4.96. The summed E-state index contributed by atoms with van der Waals surface area (Å²) < 4.78 is 5.58. The van der Waals surface area contributed by atoms with Gasteiger partial charge in [0.15, 0.2) is 0 Å². The second kappa shape index (κ2) is 7.04. The first-order valence-electron chi connectivity index (χ1n) is 5.93. The summed E-state index contributed by atoms with van der Waals surface area (Å²) in [5, 5.41) is 0. The second-order valence-electron chi connectivity index (χ2n) is 4.08. The monoisotopic (exact) mass is 220 g/mol. The van der Waals surface area contributed by atoms with Gasteiger partial charge in [0.05, 0.1) is 6.61 Å². The number of carbonyl (C=O) groups excluding carboxylic acids is 1. The largest absolute Gasteiger partial charge is 0.494 e. The van der Waals surface area contributed by atoms with Crippen molar-refractivity contribution in [3.8, 4) is 5.75 Å². The van der Waals surface area contributed by atoms with Crippen molar-refractivity contribution in [2.75, 3.05) is 6.61 Å². The predicted octanol–water partition coefficient (Wildman–Crippen LogP) is 3.39. The first kappa shape index (κ1) is 12.8. The van der Waals surface area contributed by atoms with E-state index in [0.29, 0.717) is 6.42 Å². The zero-order valence-corrected chi connectivity index (χ0v) is 10.2. The van der Waals surface area contributed by atoms with Gasteiger partial charge in [-0.15, -0.1) is 0 Å². The number of hydrogen-bond acceptors (Lipinski definition) is 2. The molecule has 2 heteroatoms. The molecule has 16 heavy (non-hydrogen) atoms. The highest BCUT2D eigenvalue weighted by molar-refractivity contribution is 5.78. The Morgan fingerprint density at radius 3 is 2.44 bits per heavy atom. The number of ketones is 1. The van der Waals surface area contributed by atoms with Crippen LogP contribution in [0.3, 0.4) is 0 Å². The maximum Gasteiger partial charge on any atom is 0.134 e. The molecule has 88 valence electrons. The molecule has 0 fully saturated rings. The predicted molar refractivity (Wildman–Crippen MR) is 65.8 cm³/mol. The van der Waals surface area contributed by atoms with Gasteiger partial charge in [-0.3, -0.25) is 4.79 Å². The van der Waals surface area contributed by atoms with Gasteiger partial charge in [-0.25, -0.2) is 0 Å². The molecule has 0 amide bonds. The first-order chi connectivity index (χ1) is 7.72. The lowest BCUT2D eigenvalue weighted by Gasteiger charge is -2.06. The van der Waals surface area contributed by atoms with Gasteiger partial charge in [-0.2, -0.15) is 0 Å². The number of Topliss-reactive ketones (excluding diaryl/α,β-unsaturated/α-hetero) is 1. The summed E-state index contributed by atoms with van der Waals surface area (Å²) in [5.74, 6) is 1.08. The van der Waals surface area contributed by atoms with Crippen molar-refractivity contribution in [3.63, 3.8) is 0 Å². The van der Waals surface area contributed by atoms with Gasteiger partial charge < -0.3 is 4.74 Å². The smallest absolute Gasteiger partial charge is 0.134 e. The Hall–Kier alpha value is -1.31. The highest BCUT2D eigenvalue weighted by atomic mass is 16.5. The lowest BCUT2D eigenvalue weighted by atomic mass is 10.1. The molecule has 1 rings (SSSR count). The molecular formula is C14H20O2. The van der Waals surface area contributed by atoms with Crippen LogP contribution in [-0.4, -0.2) is 12.4 Å². The number of ether oxygens (including phenoxy) is 1. The molecule has 0 bridgehead atoms. The molecular weight excluding hydrogens is 200 g/mol. The minimum Gasteiger partial charge on any atom is -0.494 e. The Labute approximate surface area is 97.6 Å². The highest BCUT2D eigenvalue weighted by Crippen LogP contribution is 2.13. The van der Waals surface area contributed by atoms with Gasteiger partial charge in [0, 0.05) is 6.42 Å². The van der Waals surface area contributed by atoms with Gasteiger partial charge in [0.1, 0.15) is 11.5 Å². The summed E-state index contributed by atoms with van der Waals surface area (Å²) in [7, 11) is 0. The fourth-order valence-corrected chi connectivity index (χ4v) is 1.53. The SMILES string of the molecule is CCCCCOc1ccc(CC(C)=O)cc1. The van der Waals surface area contributed by atoms with E-state index < -0.39 is 0 Å². The van der Waals surface area contributed by atoms with Crippen LogP contribution in [0.1, 0.15) is 38.7 Å². The molecule has 0 aliphatic heterocycles. The number of unbranched alkanes of at least 4 members (excludes halogenated alkanes) is 2. The third-order valence-electron chi connectivity index (χ3n) is 2.39. The summed E-state index contributed by atoms with van der Waals surface area (Å²) in [6.07, 6.45) is 4.03. The van der Waals surface area contributed by atoms with Crippen LogP contribution < -0.4 is 4.74 Å². The number of benzene rings is 1. The average Bonchev–Trinajstić information content (AvgIpc) is 2.26. The maximum atomic E-state index is 10.9. The van der Waals surface area contributed by atoms with Crippen molar-refractivity contribution >= 4 is 5.78 Å². The van der Waals surface area contributed by atoms with E-state index in [0.717, 1.165) is 24.3 Å². The van der Waals surface area contributed by atoms with Crippen molar-refractivity contribution in [2.45, 2.75) is 39.5 Å². The van der Waals surface area contributed by atoms with Crippen molar-refractivity contribution in [2.24, 2.45) is 0 Å². The Balaban J connectivity index is 2.36. The van der Waals surface area contributed by atoms with E-state index in [9.17, 15) is 4.79 Å². The number of rotatable bonds is 7. The van der Waals surface area contributed by atoms with Gasteiger partial charge in [-0.05, 0) is 31.0 Å². The summed E-state index contributed by atoms with van der Waals surface area (Å²) in [5.41, 5.74) is 1.05. The summed E-state index contributed by atoms with van der Waals surface area (Å²) in [6.45, 7) is 4.56. The second-order valence-corrected chi connectivity index (χ2v) is 4.08. The molecule has 0 unspecified atom stereocenters. The van der Waals surface area contributed by atoms with E-state index in [1.165, 1.54) is 12.8 Å². The molecule has 0 saturated carbocycles. The van der Waals surface area contributed by atoms with E-state index >= 15 is 0 Å². The van der Waals surface area contributed by atoms with E-state index in [2.05, 4.69) is 6.92 Å². The topological polar surface area (TPSA) is 26.3 Å². The normalized spacial score (nSPS) is 10.1. The third-order valence-corrected chi connectivity index (χ3v) is 2.39. The van der Waals surface area contributed by atoms with Crippen LogP contribution >= 0.6 is 0 Å². The zero-order valence-electron chi connectivity index (χ0n) is 10.2. The Morgan fingerprint density at radius 2 is 1.88 bits per heavy atom. The lowest BCUT2D eigenvalue weighted by Crippen LogP contribution is -1.98. The Bertz CT molecular complexity index is 314. The van der Waals surface area contributed by atoms with Crippen LogP contribution in [0.4, 0.5) is 0 Å². The van der Waals surface area contributed by atoms with E-state index in [4.69, 9.17) is 4.74 Å². The van der Waals surface area contributed by atoms with Crippen LogP contribution in [0.2, 0.25) is 0 Å². The highest BCUT2D eigenvalue weighted by Gasteiger charge is 1.98. The molecule has 0 aromatic heterocycles. The van der Waals surface area contributed by atoms with Crippen LogP contribution in [0.5, 0.6) is 5.75 Å². The zero-order chi connectivity index (χ0) is 11.8. The average molecular weight is 220 g/mol. The van der Waals surface area contributed by atoms with Crippen LogP contribution in [0.15, 0.2) is 24.3 Å². The van der Waals surface area contributed by atoms with E-state index in [-0.39, 0.29) is 5.78 Å². The minimum absolute atomic E-state index is 0.191. The van der Waals surface area contributed by atoms with Crippen LogP contribution in [0, 0.1) is 0 Å². The fourth-order valence-electron chi connectivity index (χ4n) is 1.53. The molecule has 0 spiro atoms. The van der Waals surface area contributed by atoms with Crippen molar-refractivity contribution in [1.82, 2.24) is 0 Å². The van der Waals surface area contributed by atoms with Gasteiger partial charge in [-0.1, -0.05) is 31.9 Å². The van der Waals surface area contributed by atoms with Crippen molar-refractivity contribution in [3.05, 3.63) is 29.8 Å².